The second kappa shape index (κ2) is 4.28. The van der Waals surface area contributed by atoms with Crippen LogP contribution in [0.15, 0.2) is 28.7 Å². The summed E-state index contributed by atoms with van der Waals surface area (Å²) in [5, 5.41) is 0. The maximum atomic E-state index is 5.85. The number of hydrogen-bond donors (Lipinski definition) is 0. The average Bonchev–Trinajstić information content (AvgIpc) is 2.91. The minimum Gasteiger partial charge on any atom is -0.423 e. The van der Waals surface area contributed by atoms with Gasteiger partial charge in [-0.1, -0.05) is 12.1 Å². The van der Waals surface area contributed by atoms with Gasteiger partial charge in [0, 0.05) is 18.6 Å². The van der Waals surface area contributed by atoms with Crippen molar-refractivity contribution >= 4 is 17.1 Å². The zero-order chi connectivity index (χ0) is 12.7. The molecule has 0 saturated carbocycles. The van der Waals surface area contributed by atoms with Crippen molar-refractivity contribution in [3.8, 4) is 0 Å². The number of oxazole rings is 1. The minimum atomic E-state index is 0.438. The van der Waals surface area contributed by atoms with Crippen molar-refractivity contribution in [1.29, 1.82) is 0 Å². The van der Waals surface area contributed by atoms with Gasteiger partial charge in [0.05, 0.1) is 0 Å². The van der Waals surface area contributed by atoms with Crippen LogP contribution in [0, 0.1) is 0 Å². The predicted molar refractivity (Wildman–Crippen MR) is 72.9 cm³/mol. The quantitative estimate of drug-likeness (QED) is 0.813. The molecule has 1 fully saturated rings. The fraction of sp³-hybridized carbons (Fsp3) is 0.500. The highest BCUT2D eigenvalue weighted by atomic mass is 16.4. The highest BCUT2D eigenvalue weighted by Gasteiger charge is 2.34. The molecular weight excluding hydrogens is 226 g/mol. The van der Waals surface area contributed by atoms with Crippen LogP contribution in [-0.4, -0.2) is 42.6 Å². The number of aromatic nitrogens is 1. The van der Waals surface area contributed by atoms with E-state index in [1.165, 1.54) is 0 Å². The summed E-state index contributed by atoms with van der Waals surface area (Å²) in [5.41, 5.74) is 1.81. The van der Waals surface area contributed by atoms with Gasteiger partial charge in [0.25, 0.3) is 6.01 Å². The van der Waals surface area contributed by atoms with Crippen molar-refractivity contribution in [2.24, 2.45) is 0 Å². The second-order valence-corrected chi connectivity index (χ2v) is 5.22. The first kappa shape index (κ1) is 11.5. The van der Waals surface area contributed by atoms with Gasteiger partial charge in [-0.25, -0.2) is 0 Å². The number of anilines is 1. The molecule has 1 saturated heterocycles. The Balaban J connectivity index is 1.91. The summed E-state index contributed by atoms with van der Waals surface area (Å²) in [7, 11) is 4.27. The lowest BCUT2D eigenvalue weighted by atomic mass is 10.1. The van der Waals surface area contributed by atoms with Gasteiger partial charge in [0.15, 0.2) is 5.58 Å². The van der Waals surface area contributed by atoms with Crippen LogP contribution in [0.25, 0.3) is 11.1 Å². The van der Waals surface area contributed by atoms with E-state index in [1.807, 2.05) is 24.3 Å². The zero-order valence-electron chi connectivity index (χ0n) is 11.1. The topological polar surface area (TPSA) is 32.5 Å². The van der Waals surface area contributed by atoms with Crippen molar-refractivity contribution in [2.45, 2.75) is 25.4 Å². The number of fused-ring (bicyclic) bond motifs is 1. The van der Waals surface area contributed by atoms with Gasteiger partial charge in [-0.3, -0.25) is 0 Å². The molecule has 1 aliphatic heterocycles. The van der Waals surface area contributed by atoms with E-state index in [2.05, 4.69) is 35.8 Å². The Morgan fingerprint density at radius 3 is 2.78 bits per heavy atom. The Morgan fingerprint density at radius 2 is 2.11 bits per heavy atom. The number of nitrogens with zero attached hydrogens (tertiary/aromatic N) is 3. The van der Waals surface area contributed by atoms with Gasteiger partial charge in [0.2, 0.25) is 0 Å². The molecule has 0 radical (unpaired) electrons. The molecule has 0 aliphatic carbocycles. The van der Waals surface area contributed by atoms with E-state index < -0.39 is 0 Å². The highest BCUT2D eigenvalue weighted by molar-refractivity contribution is 5.74. The Kier molecular flexibility index (Phi) is 2.74. The van der Waals surface area contributed by atoms with Gasteiger partial charge in [-0.2, -0.15) is 4.98 Å². The summed E-state index contributed by atoms with van der Waals surface area (Å²) < 4.78 is 5.85. The van der Waals surface area contributed by atoms with E-state index in [9.17, 15) is 0 Å². The molecule has 2 heterocycles. The molecular formula is C14H19N3O. The van der Waals surface area contributed by atoms with Crippen LogP contribution in [-0.2, 0) is 0 Å². The highest BCUT2D eigenvalue weighted by Crippen LogP contribution is 2.29. The van der Waals surface area contributed by atoms with Gasteiger partial charge >= 0.3 is 0 Å². The maximum absolute atomic E-state index is 5.85. The monoisotopic (exact) mass is 245 g/mol. The number of para-hydroxylation sites is 2. The molecule has 18 heavy (non-hydrogen) atoms. The Bertz CT molecular complexity index is 516. The molecule has 1 aromatic carbocycles. The number of benzene rings is 1. The molecule has 1 aliphatic rings. The number of likely N-dealkylation sites (N-methyl/N-ethyl adjacent to an activating group) is 1. The molecule has 2 atom stereocenters. The third kappa shape index (κ3) is 1.77. The molecule has 0 bridgehead atoms. The first-order valence-electron chi connectivity index (χ1n) is 6.45. The van der Waals surface area contributed by atoms with E-state index in [-0.39, 0.29) is 0 Å². The van der Waals surface area contributed by atoms with Crippen LogP contribution >= 0.6 is 0 Å². The van der Waals surface area contributed by atoms with E-state index in [1.54, 1.807) is 0 Å². The van der Waals surface area contributed by atoms with Gasteiger partial charge < -0.3 is 14.2 Å². The van der Waals surface area contributed by atoms with Crippen molar-refractivity contribution in [2.75, 3.05) is 25.5 Å². The molecule has 0 amide bonds. The summed E-state index contributed by atoms with van der Waals surface area (Å²) in [6.07, 6.45) is 1.16. The van der Waals surface area contributed by atoms with Crippen LogP contribution < -0.4 is 4.90 Å². The van der Waals surface area contributed by atoms with Gasteiger partial charge in [-0.15, -0.1) is 0 Å². The first-order chi connectivity index (χ1) is 8.66. The molecule has 0 N–H and O–H groups in total. The summed E-state index contributed by atoms with van der Waals surface area (Å²) in [6, 6.07) is 9.70. The van der Waals surface area contributed by atoms with E-state index in [4.69, 9.17) is 4.42 Å². The Hall–Kier alpha value is -1.55. The zero-order valence-corrected chi connectivity index (χ0v) is 11.1. The second-order valence-electron chi connectivity index (χ2n) is 5.22. The molecule has 2 unspecified atom stereocenters. The molecule has 1 aromatic heterocycles. The lowest BCUT2D eigenvalue weighted by molar-refractivity contribution is 0.281. The summed E-state index contributed by atoms with van der Waals surface area (Å²) in [4.78, 5) is 9.13. The van der Waals surface area contributed by atoms with Crippen LogP contribution in [0.2, 0.25) is 0 Å². The van der Waals surface area contributed by atoms with E-state index in [0.717, 1.165) is 30.1 Å². The maximum Gasteiger partial charge on any atom is 0.298 e. The normalized spacial score (nSPS) is 24.3. The van der Waals surface area contributed by atoms with Crippen LogP contribution in [0.5, 0.6) is 0 Å². The standard InChI is InChI=1S/C14H19N3O/c1-10-12(16(2)3)8-9-17(10)14-15-11-6-4-5-7-13(11)18-14/h4-7,10,12H,8-9H2,1-3H3. The predicted octanol–water partition coefficient (Wildman–Crippen LogP) is 2.36. The number of hydrogen-bond acceptors (Lipinski definition) is 4. The van der Waals surface area contributed by atoms with Gasteiger partial charge in [0.1, 0.15) is 5.52 Å². The van der Waals surface area contributed by atoms with Gasteiger partial charge in [-0.05, 0) is 39.6 Å². The minimum absolute atomic E-state index is 0.438. The largest absolute Gasteiger partial charge is 0.423 e. The summed E-state index contributed by atoms with van der Waals surface area (Å²) in [5.74, 6) is 0. The van der Waals surface area contributed by atoms with E-state index >= 15 is 0 Å². The van der Waals surface area contributed by atoms with Crippen molar-refractivity contribution in [3.63, 3.8) is 0 Å². The third-order valence-corrected chi connectivity index (χ3v) is 3.91. The van der Waals surface area contributed by atoms with Crippen LogP contribution in [0.3, 0.4) is 0 Å². The van der Waals surface area contributed by atoms with Crippen LogP contribution in [0.1, 0.15) is 13.3 Å². The average molecular weight is 245 g/mol. The fourth-order valence-corrected chi connectivity index (χ4v) is 2.87. The Morgan fingerprint density at radius 1 is 1.33 bits per heavy atom. The molecule has 4 heteroatoms. The fourth-order valence-electron chi connectivity index (χ4n) is 2.87. The molecule has 0 spiro atoms. The lowest BCUT2D eigenvalue weighted by Gasteiger charge is -2.27. The summed E-state index contributed by atoms with van der Waals surface area (Å²) in [6.45, 7) is 3.25. The molecule has 2 aromatic rings. The molecule has 96 valence electrons. The SMILES string of the molecule is CC1C(N(C)C)CCN1c1nc2ccccc2o1. The van der Waals surface area contributed by atoms with Crippen molar-refractivity contribution in [3.05, 3.63) is 24.3 Å². The summed E-state index contributed by atoms with van der Waals surface area (Å²) >= 11 is 0. The third-order valence-electron chi connectivity index (χ3n) is 3.91. The molecule has 4 nitrogen and oxygen atoms in total. The Labute approximate surface area is 107 Å². The van der Waals surface area contributed by atoms with Crippen LogP contribution in [0.4, 0.5) is 6.01 Å². The lowest BCUT2D eigenvalue weighted by Crippen LogP contribution is -2.39. The van der Waals surface area contributed by atoms with Crippen molar-refractivity contribution < 1.29 is 4.42 Å². The smallest absolute Gasteiger partial charge is 0.298 e. The first-order valence-corrected chi connectivity index (χ1v) is 6.45. The van der Waals surface area contributed by atoms with Crippen molar-refractivity contribution in [1.82, 2.24) is 9.88 Å². The molecule has 3 rings (SSSR count). The number of rotatable bonds is 2. The van der Waals surface area contributed by atoms with E-state index in [0.29, 0.717) is 12.1 Å².